The molecule has 1 N–H and O–H groups in total. The van der Waals surface area contributed by atoms with Gasteiger partial charge in [0.25, 0.3) is 0 Å². The van der Waals surface area contributed by atoms with Crippen molar-refractivity contribution in [1.82, 2.24) is 5.32 Å². The monoisotopic (exact) mass is 407 g/mol. The molecule has 1 heterocycles. The van der Waals surface area contributed by atoms with Gasteiger partial charge in [-0.15, -0.1) is 0 Å². The zero-order valence-corrected chi connectivity index (χ0v) is 17.4. The van der Waals surface area contributed by atoms with Crippen LogP contribution < -0.4 is 19.5 Å². The zero-order valence-electron chi connectivity index (χ0n) is 17.4. The number of allylic oxidation sites excluding steroid dienone is 2. The Morgan fingerprint density at radius 3 is 2.37 bits per heavy atom. The Labute approximate surface area is 175 Å². The molecule has 1 aliphatic carbocycles. The molecule has 0 aromatic heterocycles. The minimum atomic E-state index is -0.260. The van der Waals surface area contributed by atoms with Crippen molar-refractivity contribution in [3.8, 4) is 17.2 Å². The van der Waals surface area contributed by atoms with Crippen molar-refractivity contribution >= 4 is 11.7 Å². The number of amides is 1. The average molecular weight is 407 g/mol. The standard InChI is InChI=1S/C24H25NO5/c1-28-16-6-4-5-14(9-16)19-13-23(27)25-20-10-15(11-21(26)24(19)20)18-12-17(29-2)7-8-22(18)30-3/h4-9,12,15,19H,10-11,13H2,1-3H3,(H,25,27)/t15-,19+/m1/s1. The van der Waals surface area contributed by atoms with E-state index < -0.39 is 0 Å². The summed E-state index contributed by atoms with van der Waals surface area (Å²) in [5, 5.41) is 2.96. The lowest BCUT2D eigenvalue weighted by Crippen LogP contribution is -2.38. The van der Waals surface area contributed by atoms with Crippen LogP contribution in [0, 0.1) is 0 Å². The van der Waals surface area contributed by atoms with Gasteiger partial charge in [-0.3, -0.25) is 9.59 Å². The molecule has 6 heteroatoms. The molecule has 2 atom stereocenters. The van der Waals surface area contributed by atoms with Crippen molar-refractivity contribution in [3.63, 3.8) is 0 Å². The van der Waals surface area contributed by atoms with E-state index in [1.54, 1.807) is 21.3 Å². The van der Waals surface area contributed by atoms with Crippen molar-refractivity contribution in [2.24, 2.45) is 0 Å². The SMILES string of the molecule is COc1cccc([C@@H]2CC(=O)NC3=C2C(=O)C[C@H](c2cc(OC)ccc2OC)C3)c1. The maximum absolute atomic E-state index is 13.3. The number of hydrogen-bond acceptors (Lipinski definition) is 5. The van der Waals surface area contributed by atoms with Gasteiger partial charge < -0.3 is 19.5 Å². The van der Waals surface area contributed by atoms with Gasteiger partial charge in [-0.2, -0.15) is 0 Å². The number of hydrogen-bond donors (Lipinski definition) is 1. The van der Waals surface area contributed by atoms with Crippen LogP contribution in [-0.4, -0.2) is 33.0 Å². The number of Topliss-reactive ketones (excluding diaryl/α,β-unsaturated/α-hetero) is 1. The maximum Gasteiger partial charge on any atom is 0.225 e. The molecule has 6 nitrogen and oxygen atoms in total. The summed E-state index contributed by atoms with van der Waals surface area (Å²) in [6, 6.07) is 13.2. The van der Waals surface area contributed by atoms with E-state index in [2.05, 4.69) is 5.32 Å². The van der Waals surface area contributed by atoms with Crippen LogP contribution in [0.4, 0.5) is 0 Å². The van der Waals surface area contributed by atoms with Crippen LogP contribution in [0.2, 0.25) is 0 Å². The first kappa shape index (κ1) is 20.0. The van der Waals surface area contributed by atoms with E-state index in [0.717, 1.165) is 11.1 Å². The van der Waals surface area contributed by atoms with Crippen LogP contribution in [0.15, 0.2) is 53.7 Å². The van der Waals surface area contributed by atoms with Gasteiger partial charge in [0.1, 0.15) is 17.2 Å². The van der Waals surface area contributed by atoms with Crippen molar-refractivity contribution in [1.29, 1.82) is 0 Å². The van der Waals surface area contributed by atoms with Gasteiger partial charge in [-0.25, -0.2) is 0 Å². The summed E-state index contributed by atoms with van der Waals surface area (Å²) in [6.07, 6.45) is 1.18. The quantitative estimate of drug-likeness (QED) is 0.818. The molecule has 1 aliphatic heterocycles. The average Bonchev–Trinajstić information content (AvgIpc) is 2.77. The molecule has 2 aliphatic rings. The Balaban J connectivity index is 1.73. The molecule has 0 radical (unpaired) electrons. The molecule has 0 bridgehead atoms. The van der Waals surface area contributed by atoms with Crippen molar-refractivity contribution in [2.75, 3.05) is 21.3 Å². The Morgan fingerprint density at radius 2 is 1.63 bits per heavy atom. The maximum atomic E-state index is 13.3. The molecule has 4 rings (SSSR count). The molecular formula is C24H25NO5. The predicted molar refractivity (Wildman–Crippen MR) is 112 cm³/mol. The third kappa shape index (κ3) is 3.65. The number of carbonyl (C=O) groups excluding carboxylic acids is 2. The lowest BCUT2D eigenvalue weighted by atomic mass is 9.73. The highest BCUT2D eigenvalue weighted by molar-refractivity contribution is 6.02. The van der Waals surface area contributed by atoms with Gasteiger partial charge >= 0.3 is 0 Å². The minimum absolute atomic E-state index is 0.0546. The molecular weight excluding hydrogens is 382 g/mol. The fourth-order valence-corrected chi connectivity index (χ4v) is 4.48. The van der Waals surface area contributed by atoms with Crippen LogP contribution >= 0.6 is 0 Å². The molecule has 30 heavy (non-hydrogen) atoms. The van der Waals surface area contributed by atoms with E-state index in [9.17, 15) is 9.59 Å². The number of ketones is 1. The summed E-state index contributed by atoms with van der Waals surface area (Å²) < 4.78 is 16.2. The fourth-order valence-electron chi connectivity index (χ4n) is 4.48. The number of benzene rings is 2. The molecule has 0 spiro atoms. The van der Waals surface area contributed by atoms with Crippen molar-refractivity contribution in [3.05, 3.63) is 64.9 Å². The summed E-state index contributed by atoms with van der Waals surface area (Å²) >= 11 is 0. The molecule has 0 saturated heterocycles. The summed E-state index contributed by atoms with van der Waals surface area (Å²) in [4.78, 5) is 25.8. The molecule has 1 amide bonds. The topological polar surface area (TPSA) is 73.9 Å². The Hall–Kier alpha value is -3.28. The Bertz CT molecular complexity index is 1030. The molecule has 2 aromatic rings. The molecule has 156 valence electrons. The smallest absolute Gasteiger partial charge is 0.225 e. The van der Waals surface area contributed by atoms with Gasteiger partial charge in [0, 0.05) is 41.5 Å². The van der Waals surface area contributed by atoms with Gasteiger partial charge in [0.05, 0.1) is 21.3 Å². The second kappa shape index (κ2) is 8.22. The number of carbonyl (C=O) groups is 2. The Kier molecular flexibility index (Phi) is 5.48. The molecule has 0 fully saturated rings. The third-order valence-corrected chi connectivity index (χ3v) is 5.91. The van der Waals surface area contributed by atoms with Crippen LogP contribution in [0.1, 0.15) is 42.2 Å². The number of ether oxygens (including phenoxy) is 3. The lowest BCUT2D eigenvalue weighted by Gasteiger charge is -2.35. The van der Waals surface area contributed by atoms with Gasteiger partial charge in [0.2, 0.25) is 5.91 Å². The highest BCUT2D eigenvalue weighted by Crippen LogP contribution is 2.45. The third-order valence-electron chi connectivity index (χ3n) is 5.91. The number of nitrogens with one attached hydrogen (secondary N) is 1. The van der Waals surface area contributed by atoms with E-state index in [1.807, 2.05) is 42.5 Å². The van der Waals surface area contributed by atoms with Gasteiger partial charge in [0.15, 0.2) is 5.78 Å². The van der Waals surface area contributed by atoms with Crippen molar-refractivity contribution in [2.45, 2.75) is 31.1 Å². The van der Waals surface area contributed by atoms with Crippen LogP contribution in [0.5, 0.6) is 17.2 Å². The first-order valence-corrected chi connectivity index (χ1v) is 9.96. The van der Waals surface area contributed by atoms with Crippen LogP contribution in [-0.2, 0) is 9.59 Å². The number of rotatable bonds is 5. The number of methoxy groups -OCH3 is 3. The lowest BCUT2D eigenvalue weighted by molar-refractivity contribution is -0.122. The minimum Gasteiger partial charge on any atom is -0.497 e. The first-order chi connectivity index (χ1) is 14.5. The van der Waals surface area contributed by atoms with E-state index in [0.29, 0.717) is 41.4 Å². The molecule has 0 unspecified atom stereocenters. The highest BCUT2D eigenvalue weighted by atomic mass is 16.5. The van der Waals surface area contributed by atoms with Crippen LogP contribution in [0.25, 0.3) is 0 Å². The summed E-state index contributed by atoms with van der Waals surface area (Å²) in [7, 11) is 4.83. The second-order valence-electron chi connectivity index (χ2n) is 7.61. The summed E-state index contributed by atoms with van der Waals surface area (Å²) in [6.45, 7) is 0. The fraction of sp³-hybridized carbons (Fsp3) is 0.333. The second-order valence-corrected chi connectivity index (χ2v) is 7.61. The summed E-state index contributed by atoms with van der Waals surface area (Å²) in [5.74, 6) is 1.76. The Morgan fingerprint density at radius 1 is 0.867 bits per heavy atom. The summed E-state index contributed by atoms with van der Waals surface area (Å²) in [5.41, 5.74) is 3.25. The first-order valence-electron chi connectivity index (χ1n) is 9.96. The van der Waals surface area contributed by atoms with Crippen molar-refractivity contribution < 1.29 is 23.8 Å². The van der Waals surface area contributed by atoms with E-state index >= 15 is 0 Å². The van der Waals surface area contributed by atoms with Gasteiger partial charge in [-0.1, -0.05) is 12.1 Å². The van der Waals surface area contributed by atoms with Crippen LogP contribution in [0.3, 0.4) is 0 Å². The van der Waals surface area contributed by atoms with E-state index in [-0.39, 0.29) is 29.9 Å². The highest BCUT2D eigenvalue weighted by Gasteiger charge is 2.39. The van der Waals surface area contributed by atoms with E-state index in [1.165, 1.54) is 0 Å². The normalized spacial score (nSPS) is 21.0. The molecule has 0 saturated carbocycles. The largest absolute Gasteiger partial charge is 0.497 e. The zero-order chi connectivity index (χ0) is 21.3. The molecule has 2 aromatic carbocycles. The van der Waals surface area contributed by atoms with Gasteiger partial charge in [-0.05, 0) is 42.3 Å². The predicted octanol–water partition coefficient (Wildman–Crippen LogP) is 3.72. The van der Waals surface area contributed by atoms with E-state index in [4.69, 9.17) is 14.2 Å².